The van der Waals surface area contributed by atoms with E-state index < -0.39 is 22.9 Å². The van der Waals surface area contributed by atoms with Crippen molar-refractivity contribution in [1.29, 1.82) is 5.26 Å². The van der Waals surface area contributed by atoms with Crippen molar-refractivity contribution in [2.45, 2.75) is 18.9 Å². The Kier molecular flexibility index (Phi) is 8.33. The molecule has 0 radical (unpaired) electrons. The second-order valence-corrected chi connectivity index (χ2v) is 8.09. The van der Waals surface area contributed by atoms with Crippen molar-refractivity contribution in [3.63, 3.8) is 0 Å². The molecule has 1 aromatic heterocycles. The molecule has 36 heavy (non-hydrogen) atoms. The van der Waals surface area contributed by atoms with E-state index in [0.717, 1.165) is 42.4 Å². The Hall–Kier alpha value is -4.75. The summed E-state index contributed by atoms with van der Waals surface area (Å²) < 4.78 is 0. The molecule has 0 spiro atoms. The molecule has 0 saturated carbocycles. The van der Waals surface area contributed by atoms with E-state index in [0.29, 0.717) is 5.56 Å². The number of aliphatic carboxylic acids is 2. The quantitative estimate of drug-likeness (QED) is 0.189. The number of nitrogens with zero attached hydrogens (tertiary/aromatic N) is 3. The van der Waals surface area contributed by atoms with Crippen LogP contribution in [0.3, 0.4) is 0 Å². The summed E-state index contributed by atoms with van der Waals surface area (Å²) in [7, 11) is 0. The van der Waals surface area contributed by atoms with Gasteiger partial charge in [0.15, 0.2) is 0 Å². The number of fused-ring (bicyclic) bond motifs is 1. The number of carboxylic acids is 2. The van der Waals surface area contributed by atoms with Crippen molar-refractivity contribution in [1.82, 2.24) is 9.88 Å². The number of aromatic nitrogens is 1. The molecular weight excluding hydrogens is 464 g/mol. The maximum absolute atomic E-state index is 11.2. The second kappa shape index (κ2) is 11.6. The molecule has 184 valence electrons. The van der Waals surface area contributed by atoms with Crippen LogP contribution in [0.1, 0.15) is 30.0 Å². The molecule has 0 bridgehead atoms. The Bertz CT molecular complexity index is 1360. The molecule has 10 nitrogen and oxygen atoms in total. The van der Waals surface area contributed by atoms with Crippen LogP contribution in [0.5, 0.6) is 0 Å². The number of carbonyl (C=O) groups is 2. The lowest BCUT2D eigenvalue weighted by molar-refractivity contribution is -0.384. The van der Waals surface area contributed by atoms with Gasteiger partial charge in [-0.2, -0.15) is 5.26 Å². The summed E-state index contributed by atoms with van der Waals surface area (Å²) in [5.41, 5.74) is 2.16. The minimum absolute atomic E-state index is 0.00476. The summed E-state index contributed by atoms with van der Waals surface area (Å²) in [6.45, 7) is 5.28. The summed E-state index contributed by atoms with van der Waals surface area (Å²) in [6, 6.07) is 14.7. The summed E-state index contributed by atoms with van der Waals surface area (Å²) in [5, 5.41) is 38.1. The topological polar surface area (TPSA) is 161 Å². The van der Waals surface area contributed by atoms with Crippen molar-refractivity contribution in [2.24, 2.45) is 0 Å². The zero-order valence-corrected chi connectivity index (χ0v) is 19.3. The van der Waals surface area contributed by atoms with Crippen LogP contribution in [0.4, 0.5) is 5.69 Å². The van der Waals surface area contributed by atoms with Gasteiger partial charge < -0.3 is 15.2 Å². The largest absolute Gasteiger partial charge is 0.478 e. The third kappa shape index (κ3) is 6.02. The molecule has 0 unspecified atom stereocenters. The van der Waals surface area contributed by atoms with Crippen LogP contribution in [0.25, 0.3) is 17.0 Å². The van der Waals surface area contributed by atoms with Gasteiger partial charge in [-0.1, -0.05) is 36.9 Å². The van der Waals surface area contributed by atoms with Gasteiger partial charge in [0.2, 0.25) is 0 Å². The highest BCUT2D eigenvalue weighted by atomic mass is 16.6. The number of hydrogen-bond donors (Lipinski definition) is 3. The van der Waals surface area contributed by atoms with Crippen LogP contribution < -0.4 is 0 Å². The van der Waals surface area contributed by atoms with E-state index in [1.165, 1.54) is 18.2 Å². The molecule has 3 N–H and O–H groups in total. The molecule has 1 saturated heterocycles. The Morgan fingerprint density at radius 3 is 2.31 bits per heavy atom. The first kappa shape index (κ1) is 25.9. The third-order valence-electron chi connectivity index (χ3n) is 5.80. The van der Waals surface area contributed by atoms with Crippen molar-refractivity contribution < 1.29 is 24.7 Å². The van der Waals surface area contributed by atoms with E-state index >= 15 is 0 Å². The fourth-order valence-electron chi connectivity index (χ4n) is 4.04. The first-order valence-electron chi connectivity index (χ1n) is 11.0. The number of nitro benzene ring substituents is 1. The van der Waals surface area contributed by atoms with E-state index in [1.807, 2.05) is 24.3 Å². The Balaban J connectivity index is 0.000000205. The van der Waals surface area contributed by atoms with Crippen LogP contribution in [0, 0.1) is 21.4 Å². The highest BCUT2D eigenvalue weighted by Crippen LogP contribution is 2.31. The number of nitro groups is 1. The molecular formula is C26H24N4O6. The van der Waals surface area contributed by atoms with Crippen LogP contribution in [0.15, 0.2) is 72.5 Å². The van der Waals surface area contributed by atoms with Gasteiger partial charge in [0.25, 0.3) is 5.69 Å². The highest BCUT2D eigenvalue weighted by Gasteiger charge is 2.29. The number of likely N-dealkylation sites (tertiary alicyclic amines) is 1. The van der Waals surface area contributed by atoms with E-state index in [2.05, 4.69) is 16.5 Å². The van der Waals surface area contributed by atoms with Crippen LogP contribution in [-0.4, -0.2) is 50.0 Å². The van der Waals surface area contributed by atoms with Gasteiger partial charge in [0.05, 0.1) is 16.5 Å². The minimum atomic E-state index is -1.22. The van der Waals surface area contributed by atoms with Gasteiger partial charge in [-0.25, -0.2) is 9.59 Å². The number of non-ortho nitro benzene ring substituents is 1. The number of rotatable bonds is 7. The maximum Gasteiger partial charge on any atom is 0.346 e. The molecule has 0 aliphatic carbocycles. The number of H-pyrrole nitrogens is 1. The van der Waals surface area contributed by atoms with Gasteiger partial charge in [0.1, 0.15) is 11.6 Å². The molecule has 2 aromatic carbocycles. The third-order valence-corrected chi connectivity index (χ3v) is 5.80. The van der Waals surface area contributed by atoms with Gasteiger partial charge in [-0.15, -0.1) is 0 Å². The Labute approximate surface area is 206 Å². The monoisotopic (exact) mass is 488 g/mol. The summed E-state index contributed by atoms with van der Waals surface area (Å²) in [4.78, 5) is 37.2. The van der Waals surface area contributed by atoms with E-state index in [9.17, 15) is 24.8 Å². The standard InChI is InChI=1S/C14H16N2O4.C12H8N2O2/c1-10(14(17)18)13(15-8-2-3-9-15)11-4-6-12(7-5-11)16(19)20;13-6-8(12(15)16)5-9-7-14-11-4-2-1-3-10(9)11/h4-7,13H,1-3,8-9H2,(H,17,18);1-5,7,14H,(H,15,16)/b;8-5+/t13-;/m1./s1. The maximum atomic E-state index is 11.2. The molecule has 1 atom stereocenters. The average Bonchev–Trinajstić information content (AvgIpc) is 3.53. The van der Waals surface area contributed by atoms with E-state index in [-0.39, 0.29) is 16.8 Å². The number of hydrogen-bond acceptors (Lipinski definition) is 6. The number of nitriles is 1. The fraction of sp³-hybridized carbons (Fsp3) is 0.192. The highest BCUT2D eigenvalue weighted by molar-refractivity contribution is 6.00. The molecule has 0 amide bonds. The number of nitrogens with one attached hydrogen (secondary N) is 1. The van der Waals surface area contributed by atoms with Gasteiger partial charge in [-0.3, -0.25) is 15.0 Å². The molecule has 4 rings (SSSR count). The number of para-hydroxylation sites is 1. The molecule has 1 fully saturated rings. The smallest absolute Gasteiger partial charge is 0.346 e. The molecule has 10 heteroatoms. The van der Waals surface area contributed by atoms with Gasteiger partial charge >= 0.3 is 11.9 Å². The predicted octanol–water partition coefficient (Wildman–Crippen LogP) is 4.53. The molecule has 1 aliphatic heterocycles. The lowest BCUT2D eigenvalue weighted by atomic mass is 9.98. The Morgan fingerprint density at radius 2 is 1.75 bits per heavy atom. The van der Waals surface area contributed by atoms with Crippen LogP contribution in [-0.2, 0) is 9.59 Å². The first-order chi connectivity index (χ1) is 17.2. The Morgan fingerprint density at radius 1 is 1.11 bits per heavy atom. The predicted molar refractivity (Wildman–Crippen MR) is 133 cm³/mol. The van der Waals surface area contributed by atoms with Crippen molar-refractivity contribution in [3.05, 3.63) is 93.7 Å². The zero-order valence-electron chi connectivity index (χ0n) is 19.3. The van der Waals surface area contributed by atoms with Crippen molar-refractivity contribution in [2.75, 3.05) is 13.1 Å². The fourth-order valence-corrected chi connectivity index (χ4v) is 4.04. The SMILES string of the molecule is C=C(C(=O)O)[C@H](c1ccc([N+](=O)[O-])cc1)N1CCCC1.N#C/C(=C\c1c[nH]c2ccccc12)C(=O)O. The molecule has 3 aromatic rings. The average molecular weight is 489 g/mol. The molecule has 2 heterocycles. The zero-order chi connectivity index (χ0) is 26.2. The summed E-state index contributed by atoms with van der Waals surface area (Å²) in [6.07, 6.45) is 5.10. The summed E-state index contributed by atoms with van der Waals surface area (Å²) >= 11 is 0. The number of carboxylic acid groups (broad SMARTS) is 2. The molecule has 1 aliphatic rings. The normalized spacial score (nSPS) is 14.4. The van der Waals surface area contributed by atoms with E-state index in [4.69, 9.17) is 10.4 Å². The van der Waals surface area contributed by atoms with Crippen LogP contribution >= 0.6 is 0 Å². The summed E-state index contributed by atoms with van der Waals surface area (Å²) in [5.74, 6) is -2.26. The van der Waals surface area contributed by atoms with Crippen molar-refractivity contribution >= 4 is 34.6 Å². The lowest BCUT2D eigenvalue weighted by Gasteiger charge is -2.27. The van der Waals surface area contributed by atoms with Gasteiger partial charge in [-0.05, 0) is 43.6 Å². The number of benzene rings is 2. The minimum Gasteiger partial charge on any atom is -0.478 e. The first-order valence-corrected chi connectivity index (χ1v) is 11.0. The van der Waals surface area contributed by atoms with Gasteiger partial charge in [0, 0.05) is 34.8 Å². The number of aromatic amines is 1. The van der Waals surface area contributed by atoms with Crippen LogP contribution in [0.2, 0.25) is 0 Å². The second-order valence-electron chi connectivity index (χ2n) is 8.09. The van der Waals surface area contributed by atoms with E-state index in [1.54, 1.807) is 24.4 Å². The lowest BCUT2D eigenvalue weighted by Crippen LogP contribution is -2.29. The van der Waals surface area contributed by atoms with Crippen molar-refractivity contribution in [3.8, 4) is 6.07 Å².